The number of hydrogen-bond acceptors (Lipinski definition) is 4. The van der Waals surface area contributed by atoms with E-state index in [0.29, 0.717) is 35.2 Å². The Morgan fingerprint density at radius 1 is 1.07 bits per heavy atom. The number of rotatable bonds is 7. The number of unbranched alkanes of at least 4 members (excludes halogenated alkanes) is 1. The van der Waals surface area contributed by atoms with E-state index in [4.69, 9.17) is 23.2 Å². The van der Waals surface area contributed by atoms with Gasteiger partial charge in [0.05, 0.1) is 16.0 Å². The molecule has 0 aromatic heterocycles. The molecule has 2 fully saturated rings. The molecule has 6 nitrogen and oxygen atoms in total. The van der Waals surface area contributed by atoms with E-state index in [2.05, 4.69) is 22.2 Å². The standard InChI is InChI=1S/C22H32Cl2N4O2/c1-26-11-13-27(14-12-26)9-3-2-8-25-21(29)18-5-4-10-28(16-18)22(30)17-6-7-19(23)20(24)15-17/h6-7,15,18H,2-5,8-14,16H2,1H3,(H,25,29). The van der Waals surface area contributed by atoms with Crippen molar-refractivity contribution in [3.05, 3.63) is 33.8 Å². The Labute approximate surface area is 189 Å². The van der Waals surface area contributed by atoms with Crippen molar-refractivity contribution in [2.75, 3.05) is 59.4 Å². The number of carbonyl (C=O) groups is 2. The molecule has 8 heteroatoms. The predicted molar refractivity (Wildman–Crippen MR) is 121 cm³/mol. The third-order valence-electron chi connectivity index (χ3n) is 6.04. The summed E-state index contributed by atoms with van der Waals surface area (Å²) in [5.74, 6) is -0.192. The van der Waals surface area contributed by atoms with Crippen molar-refractivity contribution >= 4 is 35.0 Å². The predicted octanol–water partition coefficient (Wildman–Crippen LogP) is 2.99. The normalized spacial score (nSPS) is 20.9. The Morgan fingerprint density at radius 3 is 2.57 bits per heavy atom. The number of halogens is 2. The molecule has 3 rings (SSSR count). The second-order valence-corrected chi connectivity index (χ2v) is 9.18. The molecule has 0 saturated carbocycles. The lowest BCUT2D eigenvalue weighted by Crippen LogP contribution is -2.46. The summed E-state index contributed by atoms with van der Waals surface area (Å²) in [5.41, 5.74) is 0.509. The molecular weight excluding hydrogens is 423 g/mol. The van der Waals surface area contributed by atoms with Crippen molar-refractivity contribution in [2.24, 2.45) is 5.92 Å². The van der Waals surface area contributed by atoms with Crippen LogP contribution in [-0.4, -0.2) is 85.9 Å². The van der Waals surface area contributed by atoms with Crippen LogP contribution in [0.2, 0.25) is 10.0 Å². The molecule has 2 aliphatic heterocycles. The van der Waals surface area contributed by atoms with Gasteiger partial charge in [0.25, 0.3) is 5.91 Å². The first-order valence-electron chi connectivity index (χ1n) is 10.9. The minimum absolute atomic E-state index is 0.0567. The highest BCUT2D eigenvalue weighted by Gasteiger charge is 2.29. The molecule has 1 N–H and O–H groups in total. The van der Waals surface area contributed by atoms with E-state index in [9.17, 15) is 9.59 Å². The van der Waals surface area contributed by atoms with Crippen LogP contribution in [0.25, 0.3) is 0 Å². The summed E-state index contributed by atoms with van der Waals surface area (Å²) in [7, 11) is 2.16. The zero-order valence-corrected chi connectivity index (χ0v) is 19.2. The number of benzene rings is 1. The van der Waals surface area contributed by atoms with E-state index in [1.54, 1.807) is 23.1 Å². The Bertz CT molecular complexity index is 738. The van der Waals surface area contributed by atoms with Gasteiger partial charge in [0.1, 0.15) is 0 Å². The van der Waals surface area contributed by atoms with Crippen LogP contribution in [0.3, 0.4) is 0 Å². The van der Waals surface area contributed by atoms with Crippen LogP contribution in [0.5, 0.6) is 0 Å². The SMILES string of the molecule is CN1CCN(CCCCNC(=O)C2CCCN(C(=O)c3ccc(Cl)c(Cl)c3)C2)CC1. The van der Waals surface area contributed by atoms with Crippen LogP contribution in [0.1, 0.15) is 36.0 Å². The summed E-state index contributed by atoms with van der Waals surface area (Å²) in [5, 5.41) is 3.86. The van der Waals surface area contributed by atoms with Gasteiger partial charge in [0.15, 0.2) is 0 Å². The molecular formula is C22H32Cl2N4O2. The minimum Gasteiger partial charge on any atom is -0.356 e. The highest BCUT2D eigenvalue weighted by atomic mass is 35.5. The van der Waals surface area contributed by atoms with E-state index in [0.717, 1.165) is 58.4 Å². The van der Waals surface area contributed by atoms with Crippen LogP contribution < -0.4 is 5.32 Å². The third kappa shape index (κ3) is 6.58. The number of nitrogens with one attached hydrogen (secondary N) is 1. The molecule has 2 saturated heterocycles. The Hall–Kier alpha value is -1.34. The van der Waals surface area contributed by atoms with E-state index < -0.39 is 0 Å². The first-order valence-corrected chi connectivity index (χ1v) is 11.6. The van der Waals surface area contributed by atoms with E-state index in [-0.39, 0.29) is 17.7 Å². The topological polar surface area (TPSA) is 55.9 Å². The molecule has 1 unspecified atom stereocenters. The lowest BCUT2D eigenvalue weighted by molar-refractivity contribution is -0.126. The van der Waals surface area contributed by atoms with E-state index in [1.807, 2.05) is 0 Å². The lowest BCUT2D eigenvalue weighted by atomic mass is 9.96. The molecule has 166 valence electrons. The van der Waals surface area contributed by atoms with Crippen molar-refractivity contribution in [1.82, 2.24) is 20.0 Å². The largest absolute Gasteiger partial charge is 0.356 e. The fourth-order valence-electron chi connectivity index (χ4n) is 4.08. The molecule has 2 heterocycles. The molecule has 1 aromatic rings. The molecule has 2 aliphatic rings. The Morgan fingerprint density at radius 2 is 1.83 bits per heavy atom. The van der Waals surface area contributed by atoms with E-state index >= 15 is 0 Å². The number of piperidine rings is 1. The van der Waals surface area contributed by atoms with Gasteiger partial charge in [-0.3, -0.25) is 9.59 Å². The Balaban J connectivity index is 1.38. The first-order chi connectivity index (χ1) is 14.4. The highest BCUT2D eigenvalue weighted by Crippen LogP contribution is 2.25. The molecule has 0 radical (unpaired) electrons. The van der Waals surface area contributed by atoms with Gasteiger partial charge in [-0.05, 0) is 57.5 Å². The summed E-state index contributed by atoms with van der Waals surface area (Å²) in [6.07, 6.45) is 3.72. The smallest absolute Gasteiger partial charge is 0.253 e. The first kappa shape index (κ1) is 23.3. The molecule has 2 amide bonds. The van der Waals surface area contributed by atoms with Gasteiger partial charge in [-0.2, -0.15) is 0 Å². The van der Waals surface area contributed by atoms with Crippen LogP contribution in [-0.2, 0) is 4.79 Å². The fourth-order valence-corrected chi connectivity index (χ4v) is 4.37. The highest BCUT2D eigenvalue weighted by molar-refractivity contribution is 6.42. The van der Waals surface area contributed by atoms with Crippen LogP contribution in [0, 0.1) is 5.92 Å². The van der Waals surface area contributed by atoms with Gasteiger partial charge < -0.3 is 20.0 Å². The van der Waals surface area contributed by atoms with Gasteiger partial charge in [-0.25, -0.2) is 0 Å². The maximum absolute atomic E-state index is 12.8. The van der Waals surface area contributed by atoms with E-state index in [1.165, 1.54) is 0 Å². The molecule has 1 atom stereocenters. The summed E-state index contributed by atoms with van der Waals surface area (Å²) in [6.45, 7) is 7.44. The number of carbonyl (C=O) groups excluding carboxylic acids is 2. The van der Waals surface area contributed by atoms with Crippen molar-refractivity contribution in [1.29, 1.82) is 0 Å². The van der Waals surface area contributed by atoms with Crippen LogP contribution in [0.15, 0.2) is 18.2 Å². The average molecular weight is 455 g/mol. The zero-order valence-electron chi connectivity index (χ0n) is 17.7. The average Bonchev–Trinajstić information content (AvgIpc) is 2.76. The fraction of sp³-hybridized carbons (Fsp3) is 0.636. The number of hydrogen-bond donors (Lipinski definition) is 1. The van der Waals surface area contributed by atoms with Crippen LogP contribution in [0.4, 0.5) is 0 Å². The number of nitrogens with zero attached hydrogens (tertiary/aromatic N) is 3. The quantitative estimate of drug-likeness (QED) is 0.643. The summed E-state index contributed by atoms with van der Waals surface area (Å²) in [4.78, 5) is 32.0. The Kier molecular flexibility index (Phi) is 8.81. The number of likely N-dealkylation sites (tertiary alicyclic amines) is 1. The molecule has 30 heavy (non-hydrogen) atoms. The van der Waals surface area contributed by atoms with Crippen molar-refractivity contribution in [3.63, 3.8) is 0 Å². The maximum atomic E-state index is 12.8. The van der Waals surface area contributed by atoms with Gasteiger partial charge in [0, 0.05) is 51.4 Å². The second kappa shape index (κ2) is 11.3. The number of amides is 2. The van der Waals surface area contributed by atoms with Crippen molar-refractivity contribution in [3.8, 4) is 0 Å². The van der Waals surface area contributed by atoms with Crippen LogP contribution >= 0.6 is 23.2 Å². The molecule has 0 bridgehead atoms. The lowest BCUT2D eigenvalue weighted by Gasteiger charge is -2.32. The van der Waals surface area contributed by atoms with Gasteiger partial charge in [0.2, 0.25) is 5.91 Å². The summed E-state index contributed by atoms with van der Waals surface area (Å²) < 4.78 is 0. The zero-order chi connectivity index (χ0) is 21.5. The van der Waals surface area contributed by atoms with Crippen molar-refractivity contribution < 1.29 is 9.59 Å². The number of likely N-dealkylation sites (N-methyl/N-ethyl adjacent to an activating group) is 1. The number of piperazine rings is 1. The molecule has 0 aliphatic carbocycles. The molecule has 1 aromatic carbocycles. The third-order valence-corrected chi connectivity index (χ3v) is 6.78. The maximum Gasteiger partial charge on any atom is 0.253 e. The monoisotopic (exact) mass is 454 g/mol. The molecule has 0 spiro atoms. The van der Waals surface area contributed by atoms with Gasteiger partial charge >= 0.3 is 0 Å². The minimum atomic E-state index is -0.150. The van der Waals surface area contributed by atoms with Crippen molar-refractivity contribution in [2.45, 2.75) is 25.7 Å². The summed E-state index contributed by atoms with van der Waals surface area (Å²) >= 11 is 12.0. The second-order valence-electron chi connectivity index (χ2n) is 8.36. The summed E-state index contributed by atoms with van der Waals surface area (Å²) in [6, 6.07) is 4.91. The van der Waals surface area contributed by atoms with Gasteiger partial charge in [-0.15, -0.1) is 0 Å². The van der Waals surface area contributed by atoms with Gasteiger partial charge in [-0.1, -0.05) is 23.2 Å².